The minimum atomic E-state index is -0.296. The van der Waals surface area contributed by atoms with E-state index >= 15 is 0 Å². The van der Waals surface area contributed by atoms with Crippen LogP contribution in [0, 0.1) is 11.3 Å². The lowest BCUT2D eigenvalue weighted by molar-refractivity contribution is 0.620. The molecular formula is C14H22N4O. The van der Waals surface area contributed by atoms with E-state index in [1.165, 1.54) is 4.57 Å². The predicted octanol–water partition coefficient (Wildman–Crippen LogP) is 2.31. The van der Waals surface area contributed by atoms with Crippen LogP contribution in [0.1, 0.15) is 45.1 Å². The fourth-order valence-electron chi connectivity index (χ4n) is 1.86. The zero-order valence-electron chi connectivity index (χ0n) is 11.7. The number of pyridine rings is 1. The van der Waals surface area contributed by atoms with Crippen molar-refractivity contribution in [3.8, 4) is 6.07 Å². The van der Waals surface area contributed by atoms with Gasteiger partial charge in [-0.15, -0.1) is 0 Å². The first-order valence-corrected chi connectivity index (χ1v) is 6.82. The van der Waals surface area contributed by atoms with E-state index in [1.54, 1.807) is 6.07 Å². The van der Waals surface area contributed by atoms with Crippen LogP contribution in [0.15, 0.2) is 10.9 Å². The Labute approximate surface area is 114 Å². The molecule has 5 heteroatoms. The number of unbranched alkanes of at least 4 members (excludes halogenated alkanes) is 2. The molecular weight excluding hydrogens is 240 g/mol. The van der Waals surface area contributed by atoms with Crippen LogP contribution < -0.4 is 16.6 Å². The van der Waals surface area contributed by atoms with Crippen LogP contribution in [-0.4, -0.2) is 11.1 Å². The zero-order valence-corrected chi connectivity index (χ0v) is 11.7. The number of nitrogens with one attached hydrogen (secondary N) is 1. The first-order chi connectivity index (χ1) is 9.15. The van der Waals surface area contributed by atoms with E-state index in [9.17, 15) is 4.79 Å². The molecule has 1 heterocycles. The van der Waals surface area contributed by atoms with Gasteiger partial charge < -0.3 is 11.1 Å². The summed E-state index contributed by atoms with van der Waals surface area (Å²) in [6.45, 7) is 5.44. The van der Waals surface area contributed by atoms with E-state index in [-0.39, 0.29) is 11.1 Å². The van der Waals surface area contributed by atoms with Gasteiger partial charge in [-0.05, 0) is 12.8 Å². The van der Waals surface area contributed by atoms with Crippen molar-refractivity contribution in [2.75, 3.05) is 17.6 Å². The van der Waals surface area contributed by atoms with Gasteiger partial charge in [0.2, 0.25) is 0 Å². The molecule has 0 spiro atoms. The monoisotopic (exact) mass is 262 g/mol. The second kappa shape index (κ2) is 7.47. The Morgan fingerprint density at radius 1 is 1.37 bits per heavy atom. The molecule has 0 atom stereocenters. The van der Waals surface area contributed by atoms with E-state index in [2.05, 4.69) is 12.2 Å². The SMILES string of the molecule is CCCCNc1cc(N)n(CCCC)c(=O)c1C#N. The third kappa shape index (κ3) is 3.75. The van der Waals surface area contributed by atoms with Crippen molar-refractivity contribution >= 4 is 11.5 Å². The van der Waals surface area contributed by atoms with Gasteiger partial charge in [-0.25, -0.2) is 0 Å². The summed E-state index contributed by atoms with van der Waals surface area (Å²) >= 11 is 0. The van der Waals surface area contributed by atoms with Gasteiger partial charge in [-0.3, -0.25) is 9.36 Å². The van der Waals surface area contributed by atoms with Crippen molar-refractivity contribution < 1.29 is 0 Å². The molecule has 0 unspecified atom stereocenters. The van der Waals surface area contributed by atoms with Crippen molar-refractivity contribution in [2.24, 2.45) is 0 Å². The normalized spacial score (nSPS) is 10.2. The molecule has 0 aliphatic carbocycles. The fraction of sp³-hybridized carbons (Fsp3) is 0.571. The highest BCUT2D eigenvalue weighted by Crippen LogP contribution is 2.15. The minimum Gasteiger partial charge on any atom is -0.385 e. The molecule has 0 saturated carbocycles. The standard InChI is InChI=1S/C14H22N4O/c1-3-5-7-17-12-9-13(16)18(8-6-4-2)14(19)11(12)10-15/h9,17H,3-8,16H2,1-2H3. The second-order valence-electron chi connectivity index (χ2n) is 4.56. The number of rotatable bonds is 7. The summed E-state index contributed by atoms with van der Waals surface area (Å²) in [6, 6.07) is 3.67. The molecule has 1 rings (SSSR count). The average Bonchev–Trinajstić information content (AvgIpc) is 2.39. The van der Waals surface area contributed by atoms with Gasteiger partial charge >= 0.3 is 0 Å². The minimum absolute atomic E-state index is 0.154. The predicted molar refractivity (Wildman–Crippen MR) is 78.1 cm³/mol. The van der Waals surface area contributed by atoms with Gasteiger partial charge in [0.25, 0.3) is 5.56 Å². The molecule has 0 radical (unpaired) electrons. The van der Waals surface area contributed by atoms with Gasteiger partial charge in [-0.2, -0.15) is 5.26 Å². The molecule has 5 nitrogen and oxygen atoms in total. The number of anilines is 2. The van der Waals surface area contributed by atoms with Crippen molar-refractivity contribution in [1.29, 1.82) is 5.26 Å². The third-order valence-electron chi connectivity index (χ3n) is 3.03. The molecule has 19 heavy (non-hydrogen) atoms. The topological polar surface area (TPSA) is 83.8 Å². The van der Waals surface area contributed by atoms with Crippen molar-refractivity contribution in [3.05, 3.63) is 22.0 Å². The number of hydrogen-bond donors (Lipinski definition) is 2. The van der Waals surface area contributed by atoms with E-state index in [1.807, 2.05) is 13.0 Å². The Hall–Kier alpha value is -1.96. The summed E-state index contributed by atoms with van der Waals surface area (Å²) in [7, 11) is 0. The molecule has 104 valence electrons. The molecule has 0 fully saturated rings. The molecule has 0 aromatic carbocycles. The van der Waals surface area contributed by atoms with Crippen LogP contribution in [0.25, 0.3) is 0 Å². The summed E-state index contributed by atoms with van der Waals surface area (Å²) in [5.41, 5.74) is 6.31. The molecule has 0 amide bonds. The zero-order chi connectivity index (χ0) is 14.3. The maximum Gasteiger partial charge on any atom is 0.272 e. The fourth-order valence-corrected chi connectivity index (χ4v) is 1.86. The van der Waals surface area contributed by atoms with Crippen molar-refractivity contribution in [3.63, 3.8) is 0 Å². The average molecular weight is 262 g/mol. The van der Waals surface area contributed by atoms with Gasteiger partial charge in [0, 0.05) is 19.2 Å². The Bertz CT molecular complexity index is 513. The molecule has 0 bridgehead atoms. The van der Waals surface area contributed by atoms with Crippen LogP contribution >= 0.6 is 0 Å². The highest BCUT2D eigenvalue weighted by atomic mass is 16.1. The van der Waals surface area contributed by atoms with Gasteiger partial charge in [0.15, 0.2) is 0 Å². The Morgan fingerprint density at radius 2 is 2.05 bits per heavy atom. The van der Waals surface area contributed by atoms with Crippen LogP contribution in [0.3, 0.4) is 0 Å². The second-order valence-corrected chi connectivity index (χ2v) is 4.56. The van der Waals surface area contributed by atoms with Crippen LogP contribution in [0.2, 0.25) is 0 Å². The summed E-state index contributed by atoms with van der Waals surface area (Å²) in [6.07, 6.45) is 3.89. The van der Waals surface area contributed by atoms with E-state index in [0.717, 1.165) is 32.2 Å². The number of nitrogen functional groups attached to an aromatic ring is 1. The summed E-state index contributed by atoms with van der Waals surface area (Å²) in [5, 5.41) is 12.3. The number of nitrogens with two attached hydrogens (primary N) is 1. The Balaban J connectivity index is 3.08. The van der Waals surface area contributed by atoms with Crippen LogP contribution in [-0.2, 0) is 6.54 Å². The third-order valence-corrected chi connectivity index (χ3v) is 3.03. The van der Waals surface area contributed by atoms with Crippen LogP contribution in [0.5, 0.6) is 0 Å². The lowest BCUT2D eigenvalue weighted by Gasteiger charge is -2.13. The smallest absolute Gasteiger partial charge is 0.272 e. The first kappa shape index (κ1) is 15.1. The van der Waals surface area contributed by atoms with E-state index in [4.69, 9.17) is 11.0 Å². The lowest BCUT2D eigenvalue weighted by atomic mass is 10.2. The van der Waals surface area contributed by atoms with Gasteiger partial charge in [-0.1, -0.05) is 26.7 Å². The molecule has 1 aromatic rings. The quantitative estimate of drug-likeness (QED) is 0.738. The summed E-state index contributed by atoms with van der Waals surface area (Å²) in [5.74, 6) is 0.413. The Morgan fingerprint density at radius 3 is 2.63 bits per heavy atom. The van der Waals surface area contributed by atoms with Gasteiger partial charge in [0.05, 0.1) is 5.69 Å². The summed E-state index contributed by atoms with van der Waals surface area (Å²) in [4.78, 5) is 12.2. The molecule has 0 saturated heterocycles. The maximum absolute atomic E-state index is 12.2. The Kier molecular flexibility index (Phi) is 5.94. The first-order valence-electron chi connectivity index (χ1n) is 6.82. The van der Waals surface area contributed by atoms with Gasteiger partial charge in [0.1, 0.15) is 17.5 Å². The highest BCUT2D eigenvalue weighted by molar-refractivity contribution is 5.61. The van der Waals surface area contributed by atoms with Crippen molar-refractivity contribution in [1.82, 2.24) is 4.57 Å². The van der Waals surface area contributed by atoms with Crippen molar-refractivity contribution in [2.45, 2.75) is 46.1 Å². The number of aromatic nitrogens is 1. The molecule has 0 aliphatic heterocycles. The van der Waals surface area contributed by atoms with E-state index in [0.29, 0.717) is 18.1 Å². The molecule has 1 aromatic heterocycles. The molecule has 3 N–H and O–H groups in total. The number of hydrogen-bond acceptors (Lipinski definition) is 4. The largest absolute Gasteiger partial charge is 0.385 e. The molecule has 0 aliphatic rings. The number of nitriles is 1. The highest BCUT2D eigenvalue weighted by Gasteiger charge is 2.12. The van der Waals surface area contributed by atoms with E-state index < -0.39 is 0 Å². The summed E-state index contributed by atoms with van der Waals surface area (Å²) < 4.78 is 1.48. The van der Waals surface area contributed by atoms with Crippen LogP contribution in [0.4, 0.5) is 11.5 Å². The maximum atomic E-state index is 12.2. The number of nitrogens with zero attached hydrogens (tertiary/aromatic N) is 2. The lowest BCUT2D eigenvalue weighted by Crippen LogP contribution is -2.26.